The second kappa shape index (κ2) is 8.42. The molecule has 25 heavy (non-hydrogen) atoms. The van der Waals surface area contributed by atoms with Gasteiger partial charge in [-0.25, -0.2) is 0 Å². The number of carbonyl (C=O) groups is 1. The first kappa shape index (κ1) is 18.6. The first-order chi connectivity index (χ1) is 12.0. The molecular formula is C20H24O5. The first-order valence-electron chi connectivity index (χ1n) is 8.12. The summed E-state index contributed by atoms with van der Waals surface area (Å²) in [6.07, 6.45) is 0. The fourth-order valence-electron chi connectivity index (χ4n) is 2.64. The van der Waals surface area contributed by atoms with Gasteiger partial charge in [0.05, 0.1) is 33.5 Å². The molecule has 0 bridgehead atoms. The summed E-state index contributed by atoms with van der Waals surface area (Å²) < 4.78 is 21.4. The third kappa shape index (κ3) is 4.05. The van der Waals surface area contributed by atoms with Gasteiger partial charge in [0.1, 0.15) is 11.5 Å². The van der Waals surface area contributed by atoms with Gasteiger partial charge in [-0.15, -0.1) is 0 Å². The van der Waals surface area contributed by atoms with Crippen LogP contribution < -0.4 is 18.9 Å². The Balaban J connectivity index is 2.33. The summed E-state index contributed by atoms with van der Waals surface area (Å²) in [6.45, 7) is 4.32. The minimum absolute atomic E-state index is 0.0351. The molecule has 0 amide bonds. The average Bonchev–Trinajstić information content (AvgIpc) is 2.66. The Kier molecular flexibility index (Phi) is 6.28. The van der Waals surface area contributed by atoms with Gasteiger partial charge in [0.15, 0.2) is 17.3 Å². The number of ketones is 1. The van der Waals surface area contributed by atoms with Crippen LogP contribution in [-0.2, 0) is 0 Å². The van der Waals surface area contributed by atoms with Crippen molar-refractivity contribution < 1.29 is 23.7 Å². The van der Waals surface area contributed by atoms with Crippen LogP contribution >= 0.6 is 0 Å². The van der Waals surface area contributed by atoms with E-state index in [1.54, 1.807) is 45.6 Å². The molecule has 2 rings (SSSR count). The summed E-state index contributed by atoms with van der Waals surface area (Å²) in [4.78, 5) is 13.0. The molecule has 0 saturated heterocycles. The largest absolute Gasteiger partial charge is 0.496 e. The molecule has 0 aromatic heterocycles. The lowest BCUT2D eigenvalue weighted by atomic mass is 9.91. The van der Waals surface area contributed by atoms with Crippen molar-refractivity contribution in [1.29, 1.82) is 0 Å². The highest BCUT2D eigenvalue weighted by Gasteiger charge is 2.22. The van der Waals surface area contributed by atoms with Gasteiger partial charge in [0.2, 0.25) is 0 Å². The number of Topliss-reactive ketones (excluding diaryl/α,β-unsaturated/α-hetero) is 1. The fourth-order valence-corrected chi connectivity index (χ4v) is 2.64. The van der Waals surface area contributed by atoms with Crippen molar-refractivity contribution in [1.82, 2.24) is 0 Å². The number of carbonyl (C=O) groups excluding carboxylic acids is 1. The van der Waals surface area contributed by atoms with Crippen molar-refractivity contribution in [3.8, 4) is 23.0 Å². The van der Waals surface area contributed by atoms with Gasteiger partial charge in [0.25, 0.3) is 0 Å². The summed E-state index contributed by atoms with van der Waals surface area (Å²) in [5.74, 6) is 2.01. The smallest absolute Gasteiger partial charge is 0.173 e. The number of hydrogen-bond donors (Lipinski definition) is 0. The summed E-state index contributed by atoms with van der Waals surface area (Å²) in [5.41, 5.74) is 1.37. The predicted molar refractivity (Wildman–Crippen MR) is 96.5 cm³/mol. The molecule has 5 heteroatoms. The molecule has 0 aliphatic heterocycles. The van der Waals surface area contributed by atoms with Gasteiger partial charge in [-0.05, 0) is 36.8 Å². The molecule has 2 aromatic rings. The lowest BCUT2D eigenvalue weighted by Crippen LogP contribution is -2.11. The van der Waals surface area contributed by atoms with Gasteiger partial charge in [-0.2, -0.15) is 0 Å². The monoisotopic (exact) mass is 344 g/mol. The molecule has 0 aliphatic carbocycles. The van der Waals surface area contributed by atoms with Crippen LogP contribution in [0, 0.1) is 0 Å². The van der Waals surface area contributed by atoms with Gasteiger partial charge in [0, 0.05) is 12.0 Å². The van der Waals surface area contributed by atoms with Crippen molar-refractivity contribution in [3.63, 3.8) is 0 Å². The maximum absolute atomic E-state index is 13.0. The predicted octanol–water partition coefficient (Wildman–Crippen LogP) is 4.10. The standard InChI is InChI=1S/C20H24O5/c1-6-25-15-8-9-16(18(12-15)23-4)20(21)13(2)14-7-10-17(22-3)19(11-14)24-5/h7-13H,6H2,1-5H3. The Morgan fingerprint density at radius 3 is 2.20 bits per heavy atom. The van der Waals surface area contributed by atoms with Gasteiger partial charge in [-0.1, -0.05) is 13.0 Å². The van der Waals surface area contributed by atoms with E-state index >= 15 is 0 Å². The molecule has 0 fully saturated rings. The molecule has 0 saturated carbocycles. The van der Waals surface area contributed by atoms with E-state index in [9.17, 15) is 4.79 Å². The van der Waals surface area contributed by atoms with E-state index in [1.165, 1.54) is 0 Å². The zero-order chi connectivity index (χ0) is 18.4. The van der Waals surface area contributed by atoms with Crippen LogP contribution in [0.4, 0.5) is 0 Å². The fraction of sp³-hybridized carbons (Fsp3) is 0.350. The van der Waals surface area contributed by atoms with Crippen LogP contribution in [0.15, 0.2) is 36.4 Å². The molecule has 134 valence electrons. The zero-order valence-corrected chi connectivity index (χ0v) is 15.3. The van der Waals surface area contributed by atoms with E-state index in [0.717, 1.165) is 5.56 Å². The Morgan fingerprint density at radius 1 is 0.920 bits per heavy atom. The third-order valence-electron chi connectivity index (χ3n) is 4.05. The summed E-state index contributed by atoms with van der Waals surface area (Å²) in [7, 11) is 4.70. The Labute approximate surface area is 148 Å². The van der Waals surface area contributed by atoms with E-state index in [0.29, 0.717) is 35.2 Å². The molecule has 0 N–H and O–H groups in total. The molecule has 1 atom stereocenters. The molecule has 1 unspecified atom stereocenters. The number of methoxy groups -OCH3 is 3. The van der Waals surface area contributed by atoms with E-state index in [1.807, 2.05) is 26.0 Å². The van der Waals surface area contributed by atoms with Gasteiger partial charge in [-0.3, -0.25) is 4.79 Å². The third-order valence-corrected chi connectivity index (χ3v) is 4.05. The van der Waals surface area contributed by atoms with Crippen LogP contribution in [0.3, 0.4) is 0 Å². The highest BCUT2D eigenvalue weighted by Crippen LogP contribution is 2.34. The van der Waals surface area contributed by atoms with Crippen molar-refractivity contribution in [2.75, 3.05) is 27.9 Å². The summed E-state index contributed by atoms with van der Waals surface area (Å²) in [6, 6.07) is 10.7. The topological polar surface area (TPSA) is 54.0 Å². The lowest BCUT2D eigenvalue weighted by molar-refractivity contribution is 0.0963. The summed E-state index contributed by atoms with van der Waals surface area (Å²) >= 11 is 0. The highest BCUT2D eigenvalue weighted by atomic mass is 16.5. The van der Waals surface area contributed by atoms with E-state index in [2.05, 4.69) is 0 Å². The zero-order valence-electron chi connectivity index (χ0n) is 15.3. The van der Waals surface area contributed by atoms with Gasteiger partial charge >= 0.3 is 0 Å². The summed E-state index contributed by atoms with van der Waals surface area (Å²) in [5, 5.41) is 0. The maximum Gasteiger partial charge on any atom is 0.173 e. The van der Waals surface area contributed by atoms with Crippen LogP contribution in [0.5, 0.6) is 23.0 Å². The maximum atomic E-state index is 13.0. The molecule has 0 spiro atoms. The molecule has 0 heterocycles. The normalized spacial score (nSPS) is 11.6. The highest BCUT2D eigenvalue weighted by molar-refractivity contribution is 6.03. The van der Waals surface area contributed by atoms with Crippen LogP contribution in [-0.4, -0.2) is 33.7 Å². The van der Waals surface area contributed by atoms with Crippen molar-refractivity contribution in [2.24, 2.45) is 0 Å². The van der Waals surface area contributed by atoms with Crippen LogP contribution in [0.25, 0.3) is 0 Å². The van der Waals surface area contributed by atoms with E-state index in [4.69, 9.17) is 18.9 Å². The molecular weight excluding hydrogens is 320 g/mol. The number of ether oxygens (including phenoxy) is 4. The van der Waals surface area contributed by atoms with Crippen LogP contribution in [0.1, 0.15) is 35.7 Å². The van der Waals surface area contributed by atoms with E-state index < -0.39 is 0 Å². The average molecular weight is 344 g/mol. The first-order valence-corrected chi connectivity index (χ1v) is 8.12. The minimum Gasteiger partial charge on any atom is -0.496 e. The van der Waals surface area contributed by atoms with Crippen molar-refractivity contribution >= 4 is 5.78 Å². The van der Waals surface area contributed by atoms with Crippen molar-refractivity contribution in [3.05, 3.63) is 47.5 Å². The lowest BCUT2D eigenvalue weighted by Gasteiger charge is -2.16. The Bertz CT molecular complexity index is 739. The molecule has 2 aromatic carbocycles. The second-order valence-electron chi connectivity index (χ2n) is 5.50. The molecule has 5 nitrogen and oxygen atoms in total. The quantitative estimate of drug-likeness (QED) is 0.675. The molecule has 0 radical (unpaired) electrons. The van der Waals surface area contributed by atoms with Crippen LogP contribution in [0.2, 0.25) is 0 Å². The number of rotatable bonds is 8. The number of hydrogen-bond acceptors (Lipinski definition) is 5. The van der Waals surface area contributed by atoms with Crippen molar-refractivity contribution in [2.45, 2.75) is 19.8 Å². The van der Waals surface area contributed by atoms with Gasteiger partial charge < -0.3 is 18.9 Å². The number of benzene rings is 2. The minimum atomic E-state index is -0.355. The second-order valence-corrected chi connectivity index (χ2v) is 5.50. The molecule has 0 aliphatic rings. The van der Waals surface area contributed by atoms with E-state index in [-0.39, 0.29) is 11.7 Å². The Morgan fingerprint density at radius 2 is 1.60 bits per heavy atom. The Hall–Kier alpha value is -2.69. The SMILES string of the molecule is CCOc1ccc(C(=O)C(C)c2ccc(OC)c(OC)c2)c(OC)c1.